The van der Waals surface area contributed by atoms with E-state index in [4.69, 9.17) is 23.2 Å². The Kier molecular flexibility index (Phi) is 5.55. The molecule has 5 heteroatoms. The molecule has 1 fully saturated rings. The summed E-state index contributed by atoms with van der Waals surface area (Å²) < 4.78 is 0. The van der Waals surface area contributed by atoms with Crippen molar-refractivity contribution >= 4 is 29.4 Å². The molecule has 0 amide bonds. The fraction of sp³-hybridized carbons (Fsp3) is 0.278. The van der Waals surface area contributed by atoms with Crippen LogP contribution in [0.4, 0.5) is 0 Å². The number of rotatable bonds is 4. The molecule has 2 aromatic carbocycles. The van der Waals surface area contributed by atoms with Crippen molar-refractivity contribution in [1.82, 2.24) is 5.01 Å². The molecule has 0 unspecified atom stereocenters. The van der Waals surface area contributed by atoms with Crippen LogP contribution < -0.4 is 4.90 Å². The molecule has 0 radical (unpaired) electrons. The van der Waals surface area contributed by atoms with Gasteiger partial charge in [0.05, 0.1) is 32.4 Å². The minimum atomic E-state index is 0.742. The number of quaternary nitrogens is 1. The van der Waals surface area contributed by atoms with Gasteiger partial charge >= 0.3 is 0 Å². The van der Waals surface area contributed by atoms with Crippen molar-refractivity contribution in [1.29, 1.82) is 0 Å². The van der Waals surface area contributed by atoms with Crippen LogP contribution in [0.1, 0.15) is 11.1 Å². The molecule has 3 nitrogen and oxygen atoms in total. The Balaban J connectivity index is 1.49. The van der Waals surface area contributed by atoms with Crippen molar-refractivity contribution in [2.75, 3.05) is 26.2 Å². The molecule has 1 aliphatic heterocycles. The molecular weight excluding hydrogens is 329 g/mol. The van der Waals surface area contributed by atoms with E-state index in [1.54, 1.807) is 4.90 Å². The van der Waals surface area contributed by atoms with Gasteiger partial charge in [-0.3, -0.25) is 5.01 Å². The van der Waals surface area contributed by atoms with E-state index in [2.05, 4.69) is 22.2 Å². The average Bonchev–Trinajstić information content (AvgIpc) is 2.56. The molecule has 1 N–H and O–H groups in total. The van der Waals surface area contributed by atoms with Crippen LogP contribution in [-0.4, -0.2) is 37.4 Å². The first-order chi connectivity index (χ1) is 11.2. The van der Waals surface area contributed by atoms with E-state index in [1.165, 1.54) is 5.56 Å². The molecule has 2 aromatic rings. The standard InChI is InChI=1S/C18H19Cl2N3/c19-17-6-4-15(5-7-17)14-22-8-10-23(11-9-22)21-13-16-2-1-3-18(20)12-16/h1-7,12-13H,8-11,14H2/p+1/b21-13-. The third kappa shape index (κ3) is 4.96. The van der Waals surface area contributed by atoms with Crippen LogP contribution in [-0.2, 0) is 6.54 Å². The number of hydrogen-bond donors (Lipinski definition) is 1. The zero-order valence-corrected chi connectivity index (χ0v) is 14.4. The zero-order chi connectivity index (χ0) is 16.1. The lowest BCUT2D eigenvalue weighted by Gasteiger charge is -2.30. The van der Waals surface area contributed by atoms with E-state index < -0.39 is 0 Å². The summed E-state index contributed by atoms with van der Waals surface area (Å²) >= 11 is 11.9. The normalized spacial score (nSPS) is 16.2. The molecule has 0 saturated carbocycles. The Labute approximate surface area is 147 Å². The lowest BCUT2D eigenvalue weighted by molar-refractivity contribution is -0.918. The second kappa shape index (κ2) is 7.82. The van der Waals surface area contributed by atoms with Gasteiger partial charge in [-0.05, 0) is 29.8 Å². The average molecular weight is 349 g/mol. The molecular formula is C18H20Cl2N3+. The van der Waals surface area contributed by atoms with Gasteiger partial charge in [0, 0.05) is 15.6 Å². The van der Waals surface area contributed by atoms with E-state index in [0.717, 1.165) is 48.3 Å². The van der Waals surface area contributed by atoms with Crippen LogP contribution in [0.3, 0.4) is 0 Å². The van der Waals surface area contributed by atoms with Gasteiger partial charge in [0.15, 0.2) is 0 Å². The van der Waals surface area contributed by atoms with Gasteiger partial charge in [0.1, 0.15) is 6.54 Å². The van der Waals surface area contributed by atoms with Gasteiger partial charge in [-0.2, -0.15) is 5.10 Å². The Morgan fingerprint density at radius 2 is 1.74 bits per heavy atom. The molecule has 3 rings (SSSR count). The fourth-order valence-electron chi connectivity index (χ4n) is 2.73. The summed E-state index contributed by atoms with van der Waals surface area (Å²) in [5.41, 5.74) is 2.37. The highest BCUT2D eigenvalue weighted by atomic mass is 35.5. The summed E-state index contributed by atoms with van der Waals surface area (Å²) in [5, 5.41) is 8.23. The van der Waals surface area contributed by atoms with E-state index in [9.17, 15) is 0 Å². The van der Waals surface area contributed by atoms with Gasteiger partial charge in [-0.25, -0.2) is 0 Å². The molecule has 120 valence electrons. The maximum Gasteiger partial charge on any atom is 0.103 e. The summed E-state index contributed by atoms with van der Waals surface area (Å²) in [6, 6.07) is 15.9. The van der Waals surface area contributed by atoms with Crippen LogP contribution in [0, 0.1) is 0 Å². The molecule has 0 atom stereocenters. The van der Waals surface area contributed by atoms with Crippen molar-refractivity contribution in [3.63, 3.8) is 0 Å². The predicted octanol–water partition coefficient (Wildman–Crippen LogP) is 2.73. The monoisotopic (exact) mass is 348 g/mol. The first kappa shape index (κ1) is 16.3. The topological polar surface area (TPSA) is 20.0 Å². The molecule has 0 aliphatic carbocycles. The largest absolute Gasteiger partial charge is 0.328 e. The van der Waals surface area contributed by atoms with Gasteiger partial charge < -0.3 is 4.90 Å². The van der Waals surface area contributed by atoms with E-state index in [-0.39, 0.29) is 0 Å². The van der Waals surface area contributed by atoms with Crippen molar-refractivity contribution in [2.45, 2.75) is 6.54 Å². The minimum Gasteiger partial charge on any atom is -0.328 e. The van der Waals surface area contributed by atoms with Crippen LogP contribution in [0.2, 0.25) is 10.0 Å². The van der Waals surface area contributed by atoms with E-state index >= 15 is 0 Å². The maximum atomic E-state index is 5.99. The third-order valence-electron chi connectivity index (χ3n) is 4.03. The number of hydrogen-bond acceptors (Lipinski definition) is 2. The SMILES string of the molecule is Clc1ccc(C[NH+]2CCN(/N=C\c3cccc(Cl)c3)CC2)cc1. The smallest absolute Gasteiger partial charge is 0.103 e. The summed E-state index contributed by atoms with van der Waals surface area (Å²) in [6.07, 6.45) is 1.88. The number of halogens is 2. The highest BCUT2D eigenvalue weighted by Crippen LogP contribution is 2.10. The molecule has 0 aromatic heterocycles. The Morgan fingerprint density at radius 1 is 1.00 bits per heavy atom. The predicted molar refractivity (Wildman–Crippen MR) is 96.5 cm³/mol. The fourth-order valence-corrected chi connectivity index (χ4v) is 3.05. The highest BCUT2D eigenvalue weighted by molar-refractivity contribution is 6.31. The van der Waals surface area contributed by atoms with Crippen LogP contribution in [0.15, 0.2) is 53.6 Å². The number of nitrogens with zero attached hydrogens (tertiary/aromatic N) is 2. The lowest BCUT2D eigenvalue weighted by atomic mass is 10.2. The van der Waals surface area contributed by atoms with Crippen molar-refractivity contribution in [2.24, 2.45) is 5.10 Å². The van der Waals surface area contributed by atoms with E-state index in [1.807, 2.05) is 42.6 Å². The van der Waals surface area contributed by atoms with Gasteiger partial charge in [0.2, 0.25) is 0 Å². The molecule has 1 aliphatic rings. The Morgan fingerprint density at radius 3 is 2.43 bits per heavy atom. The summed E-state index contributed by atoms with van der Waals surface area (Å²) in [6.45, 7) is 5.17. The second-order valence-electron chi connectivity index (χ2n) is 5.81. The summed E-state index contributed by atoms with van der Waals surface area (Å²) in [7, 11) is 0. The zero-order valence-electron chi connectivity index (χ0n) is 12.9. The molecule has 1 saturated heterocycles. The van der Waals surface area contributed by atoms with Crippen molar-refractivity contribution in [3.8, 4) is 0 Å². The molecule has 0 spiro atoms. The second-order valence-corrected chi connectivity index (χ2v) is 6.68. The number of piperazine rings is 1. The highest BCUT2D eigenvalue weighted by Gasteiger charge is 2.18. The maximum absolute atomic E-state index is 5.99. The van der Waals surface area contributed by atoms with Gasteiger partial charge in [-0.1, -0.05) is 47.5 Å². The van der Waals surface area contributed by atoms with Crippen LogP contribution in [0.25, 0.3) is 0 Å². The summed E-state index contributed by atoms with van der Waals surface area (Å²) in [5.74, 6) is 0. The number of nitrogens with one attached hydrogen (secondary N) is 1. The first-order valence-electron chi connectivity index (χ1n) is 7.81. The van der Waals surface area contributed by atoms with Gasteiger partial charge in [-0.15, -0.1) is 0 Å². The third-order valence-corrected chi connectivity index (χ3v) is 4.52. The quantitative estimate of drug-likeness (QED) is 0.842. The Bertz CT molecular complexity index is 662. The number of benzene rings is 2. The van der Waals surface area contributed by atoms with Gasteiger partial charge in [0.25, 0.3) is 0 Å². The van der Waals surface area contributed by atoms with Crippen LogP contribution >= 0.6 is 23.2 Å². The minimum absolute atomic E-state index is 0.742. The number of hydrazone groups is 1. The molecule has 23 heavy (non-hydrogen) atoms. The Hall–Kier alpha value is -1.55. The molecule has 1 heterocycles. The first-order valence-corrected chi connectivity index (χ1v) is 8.57. The summed E-state index contributed by atoms with van der Waals surface area (Å²) in [4.78, 5) is 1.58. The van der Waals surface area contributed by atoms with Crippen LogP contribution in [0.5, 0.6) is 0 Å². The van der Waals surface area contributed by atoms with Crippen molar-refractivity contribution in [3.05, 3.63) is 69.7 Å². The van der Waals surface area contributed by atoms with E-state index in [0.29, 0.717) is 0 Å². The molecule has 0 bridgehead atoms. The lowest BCUT2D eigenvalue weighted by Crippen LogP contribution is -3.13. The van der Waals surface area contributed by atoms with Crippen molar-refractivity contribution < 1.29 is 4.90 Å².